The van der Waals surface area contributed by atoms with Gasteiger partial charge in [-0.05, 0) is 12.5 Å². The first-order valence-corrected chi connectivity index (χ1v) is 5.82. The van der Waals surface area contributed by atoms with Crippen LogP contribution in [0.25, 0.3) is 0 Å². The van der Waals surface area contributed by atoms with Crippen LogP contribution in [0.3, 0.4) is 0 Å². The van der Waals surface area contributed by atoms with Gasteiger partial charge in [0.05, 0.1) is 19.3 Å². The van der Waals surface area contributed by atoms with Crippen LogP contribution in [0, 0.1) is 0 Å². The van der Waals surface area contributed by atoms with Crippen molar-refractivity contribution < 1.29 is 14.6 Å². The molecule has 0 saturated carbocycles. The monoisotopic (exact) mass is 235 g/mol. The zero-order valence-electron chi connectivity index (χ0n) is 9.87. The highest BCUT2D eigenvalue weighted by atomic mass is 16.5. The number of aliphatic hydroxyl groups is 1. The van der Waals surface area contributed by atoms with E-state index in [1.165, 1.54) is 0 Å². The minimum atomic E-state index is -0.699. The third-order valence-corrected chi connectivity index (χ3v) is 3.13. The van der Waals surface area contributed by atoms with Crippen LogP contribution in [0.5, 0.6) is 0 Å². The Morgan fingerprint density at radius 1 is 1.47 bits per heavy atom. The molecule has 0 bridgehead atoms. The number of hydrogen-bond acceptors (Lipinski definition) is 3. The van der Waals surface area contributed by atoms with E-state index in [0.29, 0.717) is 13.2 Å². The van der Waals surface area contributed by atoms with Crippen LogP contribution >= 0.6 is 0 Å². The summed E-state index contributed by atoms with van der Waals surface area (Å²) in [4.78, 5) is 13.8. The van der Waals surface area contributed by atoms with Crippen molar-refractivity contribution in [3.8, 4) is 0 Å². The number of carbonyl (C=O) groups excluding carboxylic acids is 1. The summed E-state index contributed by atoms with van der Waals surface area (Å²) in [6.07, 6.45) is -0.699. The van der Waals surface area contributed by atoms with E-state index in [4.69, 9.17) is 9.84 Å². The van der Waals surface area contributed by atoms with E-state index in [1.807, 2.05) is 37.3 Å². The Kier molecular flexibility index (Phi) is 3.76. The summed E-state index contributed by atoms with van der Waals surface area (Å²) in [5.74, 6) is -0.130. The molecule has 1 aromatic carbocycles. The van der Waals surface area contributed by atoms with Crippen LogP contribution in [-0.4, -0.2) is 41.8 Å². The first-order valence-electron chi connectivity index (χ1n) is 5.82. The van der Waals surface area contributed by atoms with E-state index >= 15 is 0 Å². The number of rotatable bonds is 3. The smallest absolute Gasteiger partial charge is 0.254 e. The molecule has 1 saturated heterocycles. The number of ether oxygens (including phenoxy) is 1. The van der Waals surface area contributed by atoms with Gasteiger partial charge in [-0.15, -0.1) is 0 Å². The molecular weight excluding hydrogens is 218 g/mol. The van der Waals surface area contributed by atoms with Crippen molar-refractivity contribution in [1.82, 2.24) is 4.90 Å². The maximum atomic E-state index is 12.0. The number of carbonyl (C=O) groups is 1. The van der Waals surface area contributed by atoms with Crippen molar-refractivity contribution in [1.29, 1.82) is 0 Å². The van der Waals surface area contributed by atoms with E-state index in [1.54, 1.807) is 4.90 Å². The Labute approximate surface area is 101 Å². The van der Waals surface area contributed by atoms with Crippen molar-refractivity contribution in [3.05, 3.63) is 35.9 Å². The first-order chi connectivity index (χ1) is 8.24. The molecular formula is C13H17NO3. The van der Waals surface area contributed by atoms with Gasteiger partial charge in [-0.2, -0.15) is 0 Å². The van der Waals surface area contributed by atoms with Crippen LogP contribution < -0.4 is 0 Å². The van der Waals surface area contributed by atoms with Gasteiger partial charge in [0.1, 0.15) is 0 Å². The minimum Gasteiger partial charge on any atom is -0.393 e. The van der Waals surface area contributed by atoms with E-state index in [-0.39, 0.29) is 18.6 Å². The summed E-state index contributed by atoms with van der Waals surface area (Å²) in [6, 6.07) is 9.89. The number of hydrogen-bond donors (Lipinski definition) is 1. The summed E-state index contributed by atoms with van der Waals surface area (Å²) in [7, 11) is 0. The number of benzene rings is 1. The molecule has 2 atom stereocenters. The van der Waals surface area contributed by atoms with E-state index in [2.05, 4.69) is 0 Å². The first kappa shape index (κ1) is 12.1. The zero-order valence-corrected chi connectivity index (χ0v) is 9.87. The number of morpholine rings is 1. The highest BCUT2D eigenvalue weighted by Gasteiger charge is 2.32. The van der Waals surface area contributed by atoms with E-state index in [0.717, 1.165) is 5.56 Å². The fourth-order valence-corrected chi connectivity index (χ4v) is 2.09. The van der Waals surface area contributed by atoms with Crippen molar-refractivity contribution in [3.63, 3.8) is 0 Å². The lowest BCUT2D eigenvalue weighted by molar-refractivity contribution is -0.159. The summed E-state index contributed by atoms with van der Waals surface area (Å²) >= 11 is 0. The van der Waals surface area contributed by atoms with Crippen molar-refractivity contribution in [2.24, 2.45) is 0 Å². The Bertz CT molecular complexity index is 380. The molecule has 1 N–H and O–H groups in total. The SMILES string of the molecule is CC(c1ccccc1)N1CCOC(CO)C1=O. The van der Waals surface area contributed by atoms with Crippen LogP contribution in [-0.2, 0) is 9.53 Å². The second-order valence-electron chi connectivity index (χ2n) is 4.16. The average molecular weight is 235 g/mol. The van der Waals surface area contributed by atoms with Gasteiger partial charge in [0.2, 0.25) is 0 Å². The van der Waals surface area contributed by atoms with Gasteiger partial charge in [0.15, 0.2) is 6.10 Å². The molecule has 92 valence electrons. The lowest BCUT2D eigenvalue weighted by Gasteiger charge is -2.36. The number of nitrogens with zero attached hydrogens (tertiary/aromatic N) is 1. The molecule has 1 heterocycles. The topological polar surface area (TPSA) is 49.8 Å². The molecule has 0 aromatic heterocycles. The summed E-state index contributed by atoms with van der Waals surface area (Å²) in [5, 5.41) is 9.06. The molecule has 4 heteroatoms. The maximum absolute atomic E-state index is 12.0. The van der Waals surface area contributed by atoms with Gasteiger partial charge in [-0.25, -0.2) is 0 Å². The summed E-state index contributed by atoms with van der Waals surface area (Å²) in [5.41, 5.74) is 1.10. The lowest BCUT2D eigenvalue weighted by atomic mass is 10.1. The number of aliphatic hydroxyl groups excluding tert-OH is 1. The van der Waals surface area contributed by atoms with Crippen molar-refractivity contribution in [2.75, 3.05) is 19.8 Å². The molecule has 17 heavy (non-hydrogen) atoms. The third kappa shape index (κ3) is 2.48. The van der Waals surface area contributed by atoms with Gasteiger partial charge in [-0.3, -0.25) is 4.79 Å². The van der Waals surface area contributed by atoms with Gasteiger partial charge < -0.3 is 14.7 Å². The Morgan fingerprint density at radius 2 is 2.18 bits per heavy atom. The highest BCUT2D eigenvalue weighted by molar-refractivity contribution is 5.82. The van der Waals surface area contributed by atoms with Crippen LogP contribution in [0.2, 0.25) is 0 Å². The standard InChI is InChI=1S/C13H17NO3/c1-10(11-5-3-2-4-6-11)14-7-8-17-12(9-15)13(14)16/h2-6,10,12,15H,7-9H2,1H3. The third-order valence-electron chi connectivity index (χ3n) is 3.13. The normalized spacial score (nSPS) is 22.6. The minimum absolute atomic E-state index is 0.0154. The molecule has 0 spiro atoms. The summed E-state index contributed by atoms with van der Waals surface area (Å²) < 4.78 is 5.21. The maximum Gasteiger partial charge on any atom is 0.254 e. The highest BCUT2D eigenvalue weighted by Crippen LogP contribution is 2.22. The largest absolute Gasteiger partial charge is 0.393 e. The van der Waals surface area contributed by atoms with Crippen LogP contribution in [0.4, 0.5) is 0 Å². The number of amides is 1. The Balaban J connectivity index is 2.14. The Hall–Kier alpha value is -1.39. The van der Waals surface area contributed by atoms with E-state index in [9.17, 15) is 4.79 Å². The second-order valence-corrected chi connectivity index (χ2v) is 4.16. The molecule has 1 amide bonds. The fraction of sp³-hybridized carbons (Fsp3) is 0.462. The molecule has 1 aromatic rings. The van der Waals surface area contributed by atoms with Gasteiger partial charge in [-0.1, -0.05) is 30.3 Å². The fourth-order valence-electron chi connectivity index (χ4n) is 2.09. The molecule has 2 rings (SSSR count). The molecule has 1 fully saturated rings. The lowest BCUT2D eigenvalue weighted by Crippen LogP contribution is -2.49. The predicted octanol–water partition coefficient (Wildman–Crippen LogP) is 0.967. The van der Waals surface area contributed by atoms with Crippen LogP contribution in [0.1, 0.15) is 18.5 Å². The predicted molar refractivity (Wildman–Crippen MR) is 63.4 cm³/mol. The summed E-state index contributed by atoms with van der Waals surface area (Å²) in [6.45, 7) is 2.80. The van der Waals surface area contributed by atoms with Crippen LogP contribution in [0.15, 0.2) is 30.3 Å². The molecule has 4 nitrogen and oxygen atoms in total. The van der Waals surface area contributed by atoms with Gasteiger partial charge in [0.25, 0.3) is 5.91 Å². The quantitative estimate of drug-likeness (QED) is 0.849. The molecule has 0 radical (unpaired) electrons. The van der Waals surface area contributed by atoms with E-state index < -0.39 is 6.10 Å². The van der Waals surface area contributed by atoms with Crippen molar-refractivity contribution in [2.45, 2.75) is 19.1 Å². The molecule has 1 aliphatic heterocycles. The molecule has 1 aliphatic rings. The van der Waals surface area contributed by atoms with Crippen molar-refractivity contribution >= 4 is 5.91 Å². The van der Waals surface area contributed by atoms with Gasteiger partial charge >= 0.3 is 0 Å². The Morgan fingerprint density at radius 3 is 2.82 bits per heavy atom. The zero-order chi connectivity index (χ0) is 12.3. The van der Waals surface area contributed by atoms with Gasteiger partial charge in [0, 0.05) is 6.54 Å². The molecule has 0 aliphatic carbocycles. The molecule has 2 unspecified atom stereocenters. The average Bonchev–Trinajstić information content (AvgIpc) is 2.39. The second kappa shape index (κ2) is 5.29.